The Hall–Kier alpha value is -2.04. The zero-order valence-electron chi connectivity index (χ0n) is 13.3. The summed E-state index contributed by atoms with van der Waals surface area (Å²) in [6, 6.07) is 8.39. The highest BCUT2D eigenvalue weighted by Crippen LogP contribution is 2.34. The van der Waals surface area contributed by atoms with Gasteiger partial charge in [-0.15, -0.1) is 0 Å². The number of benzene rings is 1. The van der Waals surface area contributed by atoms with Crippen LogP contribution in [0.4, 0.5) is 11.4 Å². The first-order valence-corrected chi connectivity index (χ1v) is 8.66. The molecule has 1 N–H and O–H groups in total. The monoisotopic (exact) mass is 313 g/mol. The lowest BCUT2D eigenvalue weighted by Gasteiger charge is -2.22. The van der Waals surface area contributed by atoms with E-state index in [1.165, 1.54) is 12.8 Å². The lowest BCUT2D eigenvalue weighted by atomic mass is 10.1. The molecule has 2 amide bonds. The number of carbonyl (C=O) groups excluding carboxylic acids is 2. The number of hydrogen-bond acceptors (Lipinski definition) is 3. The summed E-state index contributed by atoms with van der Waals surface area (Å²) in [6.45, 7) is 2.68. The maximum Gasteiger partial charge on any atom is 0.229 e. The molecule has 3 aliphatic rings. The van der Waals surface area contributed by atoms with E-state index in [9.17, 15) is 9.59 Å². The molecule has 5 nitrogen and oxygen atoms in total. The minimum atomic E-state index is -0.213. The highest BCUT2D eigenvalue weighted by atomic mass is 16.2. The fourth-order valence-electron chi connectivity index (χ4n) is 3.69. The van der Waals surface area contributed by atoms with Crippen LogP contribution in [0.5, 0.6) is 0 Å². The zero-order chi connectivity index (χ0) is 15.8. The Morgan fingerprint density at radius 3 is 2.61 bits per heavy atom. The van der Waals surface area contributed by atoms with Crippen molar-refractivity contribution in [2.24, 2.45) is 5.92 Å². The van der Waals surface area contributed by atoms with E-state index in [1.807, 2.05) is 23.1 Å². The van der Waals surface area contributed by atoms with Gasteiger partial charge in [0.2, 0.25) is 11.8 Å². The second-order valence-corrected chi connectivity index (χ2v) is 6.88. The molecule has 4 rings (SSSR count). The van der Waals surface area contributed by atoms with Crippen molar-refractivity contribution < 1.29 is 9.59 Å². The molecule has 1 atom stereocenters. The summed E-state index contributed by atoms with van der Waals surface area (Å²) in [5.74, 6) is -0.0941. The lowest BCUT2D eigenvalue weighted by Crippen LogP contribution is -2.30. The molecule has 0 radical (unpaired) electrons. The van der Waals surface area contributed by atoms with Crippen LogP contribution >= 0.6 is 0 Å². The fraction of sp³-hybridized carbons (Fsp3) is 0.556. The van der Waals surface area contributed by atoms with Gasteiger partial charge in [-0.05, 0) is 37.8 Å². The van der Waals surface area contributed by atoms with Crippen LogP contribution in [0.1, 0.15) is 32.1 Å². The van der Waals surface area contributed by atoms with E-state index in [0.29, 0.717) is 19.0 Å². The van der Waals surface area contributed by atoms with Crippen LogP contribution in [0, 0.1) is 5.92 Å². The maximum atomic E-state index is 12.6. The second kappa shape index (κ2) is 5.87. The summed E-state index contributed by atoms with van der Waals surface area (Å²) in [5.41, 5.74) is 1.97. The van der Waals surface area contributed by atoms with Gasteiger partial charge in [-0.2, -0.15) is 0 Å². The molecule has 1 aliphatic carbocycles. The van der Waals surface area contributed by atoms with Gasteiger partial charge < -0.3 is 15.1 Å². The maximum absolute atomic E-state index is 12.6. The van der Waals surface area contributed by atoms with Gasteiger partial charge in [0, 0.05) is 32.1 Å². The molecule has 1 aromatic carbocycles. The summed E-state index contributed by atoms with van der Waals surface area (Å²) in [5, 5.41) is 3.07. The predicted octanol–water partition coefficient (Wildman–Crippen LogP) is 2.24. The van der Waals surface area contributed by atoms with E-state index in [2.05, 4.69) is 16.3 Å². The van der Waals surface area contributed by atoms with Gasteiger partial charge in [-0.25, -0.2) is 0 Å². The Labute approximate surface area is 136 Å². The molecule has 1 aromatic rings. The largest absolute Gasteiger partial charge is 0.370 e. The summed E-state index contributed by atoms with van der Waals surface area (Å²) < 4.78 is 0. The average Bonchev–Trinajstić information content (AvgIpc) is 3.09. The molecule has 23 heavy (non-hydrogen) atoms. The number of nitrogens with zero attached hydrogens (tertiary/aromatic N) is 2. The molecule has 0 aromatic heterocycles. The van der Waals surface area contributed by atoms with Crippen molar-refractivity contribution >= 4 is 23.2 Å². The lowest BCUT2D eigenvalue weighted by molar-refractivity contribution is -0.128. The number of rotatable bonds is 4. The van der Waals surface area contributed by atoms with E-state index in [0.717, 1.165) is 37.3 Å². The van der Waals surface area contributed by atoms with Crippen molar-refractivity contribution in [2.75, 3.05) is 29.9 Å². The van der Waals surface area contributed by atoms with Crippen LogP contribution in [0.25, 0.3) is 0 Å². The minimum absolute atomic E-state index is 0.0202. The summed E-state index contributed by atoms with van der Waals surface area (Å²) in [7, 11) is 0. The normalized spacial score (nSPS) is 24.3. The van der Waals surface area contributed by atoms with Crippen molar-refractivity contribution in [3.8, 4) is 0 Å². The molecule has 0 bridgehead atoms. The number of para-hydroxylation sites is 2. The molecule has 0 unspecified atom stereocenters. The molecule has 2 aliphatic heterocycles. The topological polar surface area (TPSA) is 52.7 Å². The standard InChI is InChI=1S/C18H23N3O2/c22-17-11-13(12-21(17)14-7-8-14)18(23)19-15-5-1-2-6-16(15)20-9-3-4-10-20/h1-2,5-6,13-14H,3-4,7-12H2,(H,19,23)/t13-/m0/s1. The Balaban J connectivity index is 1.45. The molecule has 3 fully saturated rings. The summed E-state index contributed by atoms with van der Waals surface area (Å²) in [6.07, 6.45) is 4.95. The van der Waals surface area contributed by atoms with Crippen LogP contribution in [-0.4, -0.2) is 42.4 Å². The zero-order valence-corrected chi connectivity index (χ0v) is 13.3. The fourth-order valence-corrected chi connectivity index (χ4v) is 3.69. The van der Waals surface area contributed by atoms with Crippen LogP contribution in [0.15, 0.2) is 24.3 Å². The van der Waals surface area contributed by atoms with Crippen LogP contribution in [0.2, 0.25) is 0 Å². The molecule has 5 heteroatoms. The van der Waals surface area contributed by atoms with E-state index < -0.39 is 0 Å². The Morgan fingerprint density at radius 1 is 1.13 bits per heavy atom. The van der Waals surface area contributed by atoms with Gasteiger partial charge in [0.15, 0.2) is 0 Å². The van der Waals surface area contributed by atoms with Crippen LogP contribution < -0.4 is 10.2 Å². The SMILES string of the molecule is O=C(Nc1ccccc1N1CCCC1)[C@H]1CC(=O)N(C2CC2)C1. The van der Waals surface area contributed by atoms with E-state index in [4.69, 9.17) is 0 Å². The third kappa shape index (κ3) is 2.92. The predicted molar refractivity (Wildman–Crippen MR) is 89.4 cm³/mol. The third-order valence-electron chi connectivity index (χ3n) is 5.13. The van der Waals surface area contributed by atoms with E-state index >= 15 is 0 Å². The first-order chi connectivity index (χ1) is 11.2. The number of hydrogen-bond donors (Lipinski definition) is 1. The molecule has 1 saturated carbocycles. The van der Waals surface area contributed by atoms with Crippen molar-refractivity contribution in [3.63, 3.8) is 0 Å². The number of amides is 2. The van der Waals surface area contributed by atoms with Crippen molar-refractivity contribution in [2.45, 2.75) is 38.1 Å². The van der Waals surface area contributed by atoms with Crippen LogP contribution in [-0.2, 0) is 9.59 Å². The first kappa shape index (κ1) is 14.5. The van der Waals surface area contributed by atoms with Gasteiger partial charge in [-0.1, -0.05) is 12.1 Å². The van der Waals surface area contributed by atoms with E-state index in [1.54, 1.807) is 0 Å². The third-order valence-corrected chi connectivity index (χ3v) is 5.13. The van der Waals surface area contributed by atoms with Crippen molar-refractivity contribution in [1.29, 1.82) is 0 Å². The van der Waals surface area contributed by atoms with Gasteiger partial charge >= 0.3 is 0 Å². The number of anilines is 2. The molecule has 2 heterocycles. The highest BCUT2D eigenvalue weighted by Gasteiger charge is 2.41. The summed E-state index contributed by atoms with van der Waals surface area (Å²) in [4.78, 5) is 28.9. The van der Waals surface area contributed by atoms with E-state index in [-0.39, 0.29) is 17.7 Å². The second-order valence-electron chi connectivity index (χ2n) is 6.88. The Morgan fingerprint density at radius 2 is 1.87 bits per heavy atom. The van der Waals surface area contributed by atoms with Gasteiger partial charge in [0.25, 0.3) is 0 Å². The van der Waals surface area contributed by atoms with Gasteiger partial charge in [-0.3, -0.25) is 9.59 Å². The first-order valence-electron chi connectivity index (χ1n) is 8.66. The molecule has 0 spiro atoms. The molecular formula is C18H23N3O2. The van der Waals surface area contributed by atoms with Gasteiger partial charge in [0.05, 0.1) is 17.3 Å². The smallest absolute Gasteiger partial charge is 0.229 e. The van der Waals surface area contributed by atoms with Gasteiger partial charge in [0.1, 0.15) is 0 Å². The average molecular weight is 313 g/mol. The number of nitrogens with one attached hydrogen (secondary N) is 1. The number of carbonyl (C=O) groups is 2. The highest BCUT2D eigenvalue weighted by molar-refractivity contribution is 5.99. The Bertz CT molecular complexity index is 620. The molecule has 122 valence electrons. The summed E-state index contributed by atoms with van der Waals surface area (Å²) >= 11 is 0. The minimum Gasteiger partial charge on any atom is -0.370 e. The van der Waals surface area contributed by atoms with Crippen LogP contribution in [0.3, 0.4) is 0 Å². The Kier molecular flexibility index (Phi) is 3.71. The molecular weight excluding hydrogens is 290 g/mol. The van der Waals surface area contributed by atoms with Crippen molar-refractivity contribution in [1.82, 2.24) is 4.90 Å². The van der Waals surface area contributed by atoms with Crippen molar-refractivity contribution in [3.05, 3.63) is 24.3 Å². The molecule has 2 saturated heterocycles. The number of likely N-dealkylation sites (tertiary alicyclic amines) is 1. The quantitative estimate of drug-likeness (QED) is 0.927.